The van der Waals surface area contributed by atoms with Crippen LogP contribution in [0.2, 0.25) is 0 Å². The molecule has 3 rings (SSSR count). The number of benzene rings is 2. The first-order chi connectivity index (χ1) is 9.81. The Balaban J connectivity index is 2.18. The average molecular weight is 262 g/mol. The molecular weight excluding hydrogens is 244 g/mol. The van der Waals surface area contributed by atoms with Crippen molar-refractivity contribution in [3.05, 3.63) is 77.4 Å². The van der Waals surface area contributed by atoms with Crippen LogP contribution in [0.25, 0.3) is 16.7 Å². The molecule has 0 unspecified atom stereocenters. The topological polar surface area (TPSA) is 20.2 Å². The Hall–Kier alpha value is -2.12. The standard InChI is InChI=1S/C19H18O/c1-14-7-6-12-16(14)18-10-4-5-11-19(18)17-9-3-2-8-15(17)13-20/h2-11,20H,12-13H2,1H3. The molecule has 0 amide bonds. The van der Waals surface area contributed by atoms with Gasteiger partial charge in [-0.1, -0.05) is 60.7 Å². The highest BCUT2D eigenvalue weighted by Gasteiger charge is 2.14. The Morgan fingerprint density at radius 1 is 0.900 bits per heavy atom. The Kier molecular flexibility index (Phi) is 3.53. The number of rotatable bonds is 3. The fourth-order valence-corrected chi connectivity index (χ4v) is 2.84. The number of hydrogen-bond donors (Lipinski definition) is 1. The number of allylic oxidation sites excluding steroid dienone is 4. The molecule has 0 bridgehead atoms. The monoisotopic (exact) mass is 262 g/mol. The van der Waals surface area contributed by atoms with Gasteiger partial charge in [0.2, 0.25) is 0 Å². The van der Waals surface area contributed by atoms with E-state index in [0.29, 0.717) is 0 Å². The zero-order valence-electron chi connectivity index (χ0n) is 11.6. The van der Waals surface area contributed by atoms with Crippen molar-refractivity contribution in [3.8, 4) is 11.1 Å². The van der Waals surface area contributed by atoms with Crippen molar-refractivity contribution < 1.29 is 5.11 Å². The van der Waals surface area contributed by atoms with Gasteiger partial charge in [0.05, 0.1) is 6.61 Å². The second-order valence-electron chi connectivity index (χ2n) is 5.13. The molecule has 0 saturated carbocycles. The summed E-state index contributed by atoms with van der Waals surface area (Å²) in [6.07, 6.45) is 5.38. The lowest BCUT2D eigenvalue weighted by atomic mass is 9.90. The molecule has 0 saturated heterocycles. The second kappa shape index (κ2) is 5.48. The molecule has 0 heterocycles. The maximum absolute atomic E-state index is 9.56. The highest BCUT2D eigenvalue weighted by Crippen LogP contribution is 2.36. The van der Waals surface area contributed by atoms with Crippen LogP contribution in [0.3, 0.4) is 0 Å². The summed E-state index contributed by atoms with van der Waals surface area (Å²) < 4.78 is 0. The predicted molar refractivity (Wildman–Crippen MR) is 84.2 cm³/mol. The summed E-state index contributed by atoms with van der Waals surface area (Å²) in [4.78, 5) is 0. The van der Waals surface area contributed by atoms with Crippen LogP contribution in [-0.4, -0.2) is 5.11 Å². The molecular formula is C19H18O. The van der Waals surface area contributed by atoms with Gasteiger partial charge in [0.1, 0.15) is 0 Å². The minimum absolute atomic E-state index is 0.0702. The first kappa shape index (κ1) is 12.9. The maximum atomic E-state index is 9.56. The van der Waals surface area contributed by atoms with Crippen LogP contribution in [0.15, 0.2) is 66.3 Å². The molecule has 1 nitrogen and oxygen atoms in total. The smallest absolute Gasteiger partial charge is 0.0687 e. The summed E-state index contributed by atoms with van der Waals surface area (Å²) in [5, 5.41) is 9.56. The Morgan fingerprint density at radius 3 is 2.20 bits per heavy atom. The molecule has 1 N–H and O–H groups in total. The zero-order chi connectivity index (χ0) is 13.9. The van der Waals surface area contributed by atoms with Gasteiger partial charge in [0, 0.05) is 0 Å². The fourth-order valence-electron chi connectivity index (χ4n) is 2.84. The van der Waals surface area contributed by atoms with Gasteiger partial charge < -0.3 is 5.11 Å². The molecule has 1 aliphatic carbocycles. The van der Waals surface area contributed by atoms with Crippen molar-refractivity contribution in [1.29, 1.82) is 0 Å². The third-order valence-electron chi connectivity index (χ3n) is 3.90. The first-order valence-corrected chi connectivity index (χ1v) is 6.96. The molecule has 0 atom stereocenters. The van der Waals surface area contributed by atoms with Crippen LogP contribution in [0.1, 0.15) is 24.5 Å². The van der Waals surface area contributed by atoms with Crippen LogP contribution >= 0.6 is 0 Å². The largest absolute Gasteiger partial charge is 0.392 e. The zero-order valence-corrected chi connectivity index (χ0v) is 11.6. The van der Waals surface area contributed by atoms with Crippen LogP contribution in [0, 0.1) is 0 Å². The van der Waals surface area contributed by atoms with Crippen molar-refractivity contribution in [2.75, 3.05) is 0 Å². The molecule has 0 aliphatic heterocycles. The predicted octanol–water partition coefficient (Wildman–Crippen LogP) is 4.58. The van der Waals surface area contributed by atoms with Gasteiger partial charge in [0.25, 0.3) is 0 Å². The summed E-state index contributed by atoms with van der Waals surface area (Å²) in [6.45, 7) is 2.23. The van der Waals surface area contributed by atoms with E-state index in [1.807, 2.05) is 18.2 Å². The minimum Gasteiger partial charge on any atom is -0.392 e. The van der Waals surface area contributed by atoms with Gasteiger partial charge in [-0.2, -0.15) is 0 Å². The third-order valence-corrected chi connectivity index (χ3v) is 3.90. The van der Waals surface area contributed by atoms with Gasteiger partial charge >= 0.3 is 0 Å². The van der Waals surface area contributed by atoms with E-state index >= 15 is 0 Å². The molecule has 2 aromatic rings. The third kappa shape index (κ3) is 2.21. The molecule has 0 spiro atoms. The summed E-state index contributed by atoms with van der Waals surface area (Å²) in [6, 6.07) is 16.5. The number of aliphatic hydroxyl groups excluding tert-OH is 1. The normalized spacial score (nSPS) is 14.1. The van der Waals surface area contributed by atoms with Crippen LogP contribution in [0.4, 0.5) is 0 Å². The van der Waals surface area contributed by atoms with E-state index in [-0.39, 0.29) is 6.61 Å². The summed E-state index contributed by atoms with van der Waals surface area (Å²) >= 11 is 0. The first-order valence-electron chi connectivity index (χ1n) is 6.96. The van der Waals surface area contributed by atoms with Gasteiger partial charge in [0.15, 0.2) is 0 Å². The van der Waals surface area contributed by atoms with Crippen molar-refractivity contribution in [2.45, 2.75) is 20.0 Å². The lowest BCUT2D eigenvalue weighted by Crippen LogP contribution is -1.94. The van der Waals surface area contributed by atoms with Crippen molar-refractivity contribution in [3.63, 3.8) is 0 Å². The van der Waals surface area contributed by atoms with Gasteiger partial charge in [-0.05, 0) is 46.7 Å². The average Bonchev–Trinajstić information content (AvgIpc) is 2.93. The van der Waals surface area contributed by atoms with Gasteiger partial charge in [-0.15, -0.1) is 0 Å². The Labute approximate surface area is 119 Å². The molecule has 1 heteroatoms. The highest BCUT2D eigenvalue weighted by molar-refractivity contribution is 5.86. The Morgan fingerprint density at radius 2 is 1.55 bits per heavy atom. The quantitative estimate of drug-likeness (QED) is 0.858. The van der Waals surface area contributed by atoms with Gasteiger partial charge in [-0.25, -0.2) is 0 Å². The SMILES string of the molecule is CC1=C(c2ccccc2-c2ccccc2CO)CC=C1. The molecule has 20 heavy (non-hydrogen) atoms. The number of aliphatic hydroxyl groups is 1. The summed E-state index contributed by atoms with van der Waals surface area (Å²) in [7, 11) is 0. The lowest BCUT2D eigenvalue weighted by molar-refractivity contribution is 0.282. The van der Waals surface area contributed by atoms with E-state index in [1.165, 1.54) is 22.3 Å². The second-order valence-corrected chi connectivity index (χ2v) is 5.13. The number of hydrogen-bond acceptors (Lipinski definition) is 1. The molecule has 0 radical (unpaired) electrons. The van der Waals surface area contributed by atoms with E-state index < -0.39 is 0 Å². The molecule has 1 aliphatic rings. The summed E-state index contributed by atoms with van der Waals surface area (Å²) in [5.74, 6) is 0. The van der Waals surface area contributed by atoms with Crippen molar-refractivity contribution in [1.82, 2.24) is 0 Å². The minimum atomic E-state index is 0.0702. The molecule has 0 aromatic heterocycles. The van der Waals surface area contributed by atoms with Crippen LogP contribution in [-0.2, 0) is 6.61 Å². The summed E-state index contributed by atoms with van der Waals surface area (Å²) in [5.41, 5.74) is 7.29. The van der Waals surface area contributed by atoms with Crippen molar-refractivity contribution >= 4 is 5.57 Å². The van der Waals surface area contributed by atoms with Crippen molar-refractivity contribution in [2.24, 2.45) is 0 Å². The fraction of sp³-hybridized carbons (Fsp3) is 0.158. The molecule has 2 aromatic carbocycles. The van der Waals surface area contributed by atoms with E-state index in [9.17, 15) is 5.11 Å². The van der Waals surface area contributed by atoms with E-state index in [1.54, 1.807) is 0 Å². The Bertz CT molecular complexity index is 692. The lowest BCUT2D eigenvalue weighted by Gasteiger charge is -2.14. The van der Waals surface area contributed by atoms with E-state index in [0.717, 1.165) is 17.5 Å². The molecule has 0 fully saturated rings. The maximum Gasteiger partial charge on any atom is 0.0687 e. The van der Waals surface area contributed by atoms with Crippen LogP contribution in [0.5, 0.6) is 0 Å². The molecule has 100 valence electrons. The van der Waals surface area contributed by atoms with Crippen LogP contribution < -0.4 is 0 Å². The van der Waals surface area contributed by atoms with E-state index in [2.05, 4.69) is 49.4 Å². The van der Waals surface area contributed by atoms with E-state index in [4.69, 9.17) is 0 Å². The highest BCUT2D eigenvalue weighted by atomic mass is 16.3. The van der Waals surface area contributed by atoms with Gasteiger partial charge in [-0.3, -0.25) is 0 Å².